The Morgan fingerprint density at radius 2 is 1.82 bits per heavy atom. The van der Waals surface area contributed by atoms with Gasteiger partial charge in [0.1, 0.15) is 0 Å². The normalized spacial score (nSPS) is 20.1. The molecule has 1 heterocycles. The molecule has 106 valence electrons. The average Bonchev–Trinajstić information content (AvgIpc) is 2.41. The maximum absolute atomic E-state index is 8.80. The van der Waals surface area contributed by atoms with Crippen molar-refractivity contribution in [3.8, 4) is 0 Å². The minimum Gasteiger partial charge on any atom is -0.396 e. The minimum absolute atomic E-state index is 0.135. The summed E-state index contributed by atoms with van der Waals surface area (Å²) in [7, 11) is 1.70. The molecule has 2 N–H and O–H groups in total. The Kier molecular flexibility index (Phi) is 15.7. The molecule has 0 amide bonds. The molecular weight excluding hydrogens is 218 g/mol. The molecule has 0 spiro atoms. The number of methoxy groups -OCH3 is 1. The zero-order valence-corrected chi connectivity index (χ0v) is 12.1. The second-order valence-corrected chi connectivity index (χ2v) is 4.19. The Balaban J connectivity index is 0. The van der Waals surface area contributed by atoms with E-state index in [0.717, 1.165) is 25.9 Å². The molecular formula is C13H31NO3. The van der Waals surface area contributed by atoms with Gasteiger partial charge in [0.25, 0.3) is 0 Å². The van der Waals surface area contributed by atoms with Crippen molar-refractivity contribution in [2.45, 2.75) is 46.6 Å². The van der Waals surface area contributed by atoms with Gasteiger partial charge in [-0.25, -0.2) is 0 Å². The number of likely N-dealkylation sites (tertiary alicyclic amines) is 1. The maximum Gasteiger partial charge on any atom is 0.0956 e. The summed E-state index contributed by atoms with van der Waals surface area (Å²) in [6, 6.07) is 0. The lowest BCUT2D eigenvalue weighted by Gasteiger charge is -2.29. The van der Waals surface area contributed by atoms with Crippen molar-refractivity contribution in [1.82, 2.24) is 4.90 Å². The fraction of sp³-hybridized carbons (Fsp3) is 1.00. The Hall–Kier alpha value is -0.160. The molecule has 0 aliphatic carbocycles. The van der Waals surface area contributed by atoms with Crippen LogP contribution in [-0.4, -0.2) is 54.8 Å². The van der Waals surface area contributed by atoms with E-state index in [0.29, 0.717) is 12.0 Å². The summed E-state index contributed by atoms with van der Waals surface area (Å²) in [6.45, 7) is 10.2. The van der Waals surface area contributed by atoms with Crippen LogP contribution in [0.25, 0.3) is 0 Å². The largest absolute Gasteiger partial charge is 0.396 e. The quantitative estimate of drug-likeness (QED) is 0.799. The summed E-state index contributed by atoms with van der Waals surface area (Å²) in [5, 5.41) is 17.5. The molecule has 0 aromatic heterocycles. The van der Waals surface area contributed by atoms with E-state index in [9.17, 15) is 0 Å². The van der Waals surface area contributed by atoms with Crippen LogP contribution in [0.3, 0.4) is 0 Å². The number of rotatable bonds is 3. The third-order valence-corrected chi connectivity index (χ3v) is 2.53. The van der Waals surface area contributed by atoms with E-state index in [1.807, 2.05) is 32.6 Å². The van der Waals surface area contributed by atoms with Gasteiger partial charge in [-0.05, 0) is 32.6 Å². The summed E-state index contributed by atoms with van der Waals surface area (Å²) in [6.07, 6.45) is 2.59. The van der Waals surface area contributed by atoms with E-state index in [-0.39, 0.29) is 13.3 Å². The average molecular weight is 249 g/mol. The van der Waals surface area contributed by atoms with Crippen LogP contribution in [0.1, 0.15) is 40.5 Å². The molecule has 1 unspecified atom stereocenters. The first-order chi connectivity index (χ1) is 8.13. The van der Waals surface area contributed by atoms with E-state index < -0.39 is 0 Å². The van der Waals surface area contributed by atoms with Crippen LogP contribution in [0.4, 0.5) is 0 Å². The highest BCUT2D eigenvalue weighted by atomic mass is 16.5. The highest BCUT2D eigenvalue weighted by molar-refractivity contribution is 4.69. The van der Waals surface area contributed by atoms with Gasteiger partial charge in [0.05, 0.1) is 12.8 Å². The number of aliphatic hydroxyl groups is 2. The molecule has 1 saturated heterocycles. The van der Waals surface area contributed by atoms with E-state index in [1.54, 1.807) is 7.11 Å². The lowest BCUT2D eigenvalue weighted by Crippen LogP contribution is -2.37. The Morgan fingerprint density at radius 3 is 2.18 bits per heavy atom. The van der Waals surface area contributed by atoms with Gasteiger partial charge >= 0.3 is 0 Å². The third kappa shape index (κ3) is 12.1. The van der Waals surface area contributed by atoms with E-state index in [2.05, 4.69) is 0 Å². The van der Waals surface area contributed by atoms with Gasteiger partial charge in [0.2, 0.25) is 0 Å². The molecule has 17 heavy (non-hydrogen) atoms. The smallest absolute Gasteiger partial charge is 0.0956 e. The summed E-state index contributed by atoms with van der Waals surface area (Å²) < 4.78 is 4.75. The van der Waals surface area contributed by atoms with Crippen LogP contribution in [-0.2, 0) is 4.74 Å². The molecule has 0 bridgehead atoms. The zero-order chi connectivity index (χ0) is 13.7. The Bertz CT molecular complexity index is 133. The Morgan fingerprint density at radius 1 is 1.29 bits per heavy atom. The number of hydrogen-bond donors (Lipinski definition) is 2. The van der Waals surface area contributed by atoms with Gasteiger partial charge < -0.3 is 14.9 Å². The zero-order valence-electron chi connectivity index (χ0n) is 12.1. The lowest BCUT2D eigenvalue weighted by molar-refractivity contribution is 0.0493. The van der Waals surface area contributed by atoms with Crippen molar-refractivity contribution >= 4 is 0 Å². The number of nitrogens with zero attached hydrogens (tertiary/aromatic N) is 1. The first-order valence-electron chi connectivity index (χ1n) is 6.60. The first-order valence-corrected chi connectivity index (χ1v) is 6.60. The first kappa shape index (κ1) is 19.2. The fourth-order valence-corrected chi connectivity index (χ4v) is 1.43. The molecule has 4 nitrogen and oxygen atoms in total. The van der Waals surface area contributed by atoms with Crippen molar-refractivity contribution in [3.63, 3.8) is 0 Å². The summed E-state index contributed by atoms with van der Waals surface area (Å²) >= 11 is 0. The SMILES string of the molecule is CC.COC(C)C.OCC1CCCN(CO)C1. The van der Waals surface area contributed by atoms with Crippen LogP contribution in [0, 0.1) is 5.92 Å². The van der Waals surface area contributed by atoms with Crippen LogP contribution < -0.4 is 0 Å². The molecule has 1 aliphatic heterocycles. The monoisotopic (exact) mass is 249 g/mol. The highest BCUT2D eigenvalue weighted by Gasteiger charge is 2.17. The summed E-state index contributed by atoms with van der Waals surface area (Å²) in [5.41, 5.74) is 0. The van der Waals surface area contributed by atoms with E-state index in [1.165, 1.54) is 0 Å². The number of piperidine rings is 1. The maximum atomic E-state index is 8.80. The van der Waals surface area contributed by atoms with Gasteiger partial charge in [-0.3, -0.25) is 4.90 Å². The van der Waals surface area contributed by atoms with Gasteiger partial charge in [-0.1, -0.05) is 13.8 Å². The fourth-order valence-electron chi connectivity index (χ4n) is 1.43. The van der Waals surface area contributed by atoms with Gasteiger partial charge in [-0.15, -0.1) is 0 Å². The van der Waals surface area contributed by atoms with Crippen molar-refractivity contribution in [3.05, 3.63) is 0 Å². The van der Waals surface area contributed by atoms with Crippen LogP contribution >= 0.6 is 0 Å². The predicted octanol–water partition coefficient (Wildman–Crippen LogP) is 1.71. The number of aliphatic hydroxyl groups excluding tert-OH is 2. The van der Waals surface area contributed by atoms with Crippen molar-refractivity contribution < 1.29 is 14.9 Å². The molecule has 0 saturated carbocycles. The molecule has 1 aliphatic rings. The molecule has 0 aromatic rings. The summed E-state index contributed by atoms with van der Waals surface area (Å²) in [5.74, 6) is 0.390. The Labute approximate surface area is 107 Å². The molecule has 0 aromatic carbocycles. The summed E-state index contributed by atoms with van der Waals surface area (Å²) in [4.78, 5) is 1.96. The highest BCUT2D eigenvalue weighted by Crippen LogP contribution is 2.14. The predicted molar refractivity (Wildman–Crippen MR) is 72.0 cm³/mol. The molecule has 1 fully saturated rings. The van der Waals surface area contributed by atoms with Crippen molar-refractivity contribution in [1.29, 1.82) is 0 Å². The minimum atomic E-state index is 0.135. The second kappa shape index (κ2) is 13.9. The van der Waals surface area contributed by atoms with Crippen LogP contribution in [0.15, 0.2) is 0 Å². The topological polar surface area (TPSA) is 52.9 Å². The van der Waals surface area contributed by atoms with Gasteiger partial charge in [-0.2, -0.15) is 0 Å². The molecule has 1 rings (SSSR count). The standard InChI is InChI=1S/C7H15NO2.C4H10O.C2H6/c9-5-7-2-1-3-8(4-7)6-10;1-4(2)5-3;1-2/h7,9-10H,1-6H2;4H,1-3H3;1-2H3. The number of ether oxygens (including phenoxy) is 1. The van der Waals surface area contributed by atoms with Crippen LogP contribution in [0.5, 0.6) is 0 Å². The van der Waals surface area contributed by atoms with E-state index >= 15 is 0 Å². The van der Waals surface area contributed by atoms with Gasteiger partial charge in [0.15, 0.2) is 0 Å². The van der Waals surface area contributed by atoms with E-state index in [4.69, 9.17) is 14.9 Å². The van der Waals surface area contributed by atoms with Crippen LogP contribution in [0.2, 0.25) is 0 Å². The lowest BCUT2D eigenvalue weighted by atomic mass is 10.00. The molecule has 0 radical (unpaired) electrons. The third-order valence-electron chi connectivity index (χ3n) is 2.53. The number of hydrogen-bond acceptors (Lipinski definition) is 4. The molecule has 4 heteroatoms. The van der Waals surface area contributed by atoms with Gasteiger partial charge in [0, 0.05) is 26.8 Å². The van der Waals surface area contributed by atoms with Crippen molar-refractivity contribution in [2.24, 2.45) is 5.92 Å². The van der Waals surface area contributed by atoms with Crippen molar-refractivity contribution in [2.75, 3.05) is 33.5 Å². The molecule has 1 atom stereocenters. The second-order valence-electron chi connectivity index (χ2n) is 4.19.